The molecule has 0 radical (unpaired) electrons. The van der Waals surface area contributed by atoms with Crippen molar-refractivity contribution >= 4 is 23.4 Å². The Balaban J connectivity index is 1.20. The van der Waals surface area contributed by atoms with Crippen molar-refractivity contribution in [3.63, 3.8) is 0 Å². The quantitative estimate of drug-likeness (QED) is 0.445. The van der Waals surface area contributed by atoms with Crippen molar-refractivity contribution in [2.75, 3.05) is 12.1 Å². The Labute approximate surface area is 258 Å². The van der Waals surface area contributed by atoms with Crippen molar-refractivity contribution < 1.29 is 28.6 Å². The van der Waals surface area contributed by atoms with Crippen LogP contribution in [0.5, 0.6) is 11.5 Å². The van der Waals surface area contributed by atoms with Gasteiger partial charge in [-0.15, -0.1) is 0 Å². The standard InChI is InChI=1S/C35H41N3O6/c1-19(2)23-9-11-24(12-10-23)36-32(39)29-27-14-15-35(44-27)30(29)34(41)38(17-22-8-13-26-28(16-22)43-18-42-26)31(35)33(40)37-25-7-5-6-20(3)21(25)4/h8-16,19-21,25,27,29-31H,5-7,17-18H2,1-4H3,(H,36,39)(H,37,40)/t20?,21?,25?,27-,29?,30-,31?,35?/m1/s1. The fraction of sp³-hybridized carbons (Fsp3) is 0.514. The molecule has 9 nitrogen and oxygen atoms in total. The van der Waals surface area contributed by atoms with Gasteiger partial charge in [0.1, 0.15) is 11.6 Å². The van der Waals surface area contributed by atoms with Crippen LogP contribution in [-0.2, 0) is 25.7 Å². The molecule has 1 aliphatic carbocycles. The summed E-state index contributed by atoms with van der Waals surface area (Å²) in [6, 6.07) is 12.4. The maximum absolute atomic E-state index is 14.4. The van der Waals surface area contributed by atoms with Gasteiger partial charge in [0.15, 0.2) is 11.5 Å². The predicted molar refractivity (Wildman–Crippen MR) is 164 cm³/mol. The van der Waals surface area contributed by atoms with Gasteiger partial charge in [-0.2, -0.15) is 0 Å². The van der Waals surface area contributed by atoms with Crippen LogP contribution in [0, 0.1) is 23.7 Å². The van der Waals surface area contributed by atoms with E-state index in [0.717, 1.165) is 24.8 Å². The topological polar surface area (TPSA) is 106 Å². The number of nitrogens with zero attached hydrogens (tertiary/aromatic N) is 1. The second-order valence-corrected chi connectivity index (χ2v) is 13.5. The Morgan fingerprint density at radius 3 is 2.57 bits per heavy atom. The lowest BCUT2D eigenvalue weighted by atomic mass is 9.73. The highest BCUT2D eigenvalue weighted by molar-refractivity contribution is 6.02. The Kier molecular flexibility index (Phi) is 7.19. The van der Waals surface area contributed by atoms with Gasteiger partial charge in [0.25, 0.3) is 0 Å². The minimum Gasteiger partial charge on any atom is -0.454 e. The van der Waals surface area contributed by atoms with Crippen LogP contribution in [0.1, 0.15) is 64.0 Å². The van der Waals surface area contributed by atoms with Crippen LogP contribution < -0.4 is 20.1 Å². The summed E-state index contributed by atoms with van der Waals surface area (Å²) in [6.45, 7) is 8.98. The molecule has 2 aromatic rings. The zero-order valence-corrected chi connectivity index (χ0v) is 25.7. The molecule has 8 atom stereocenters. The van der Waals surface area contributed by atoms with Crippen LogP contribution in [0.3, 0.4) is 0 Å². The van der Waals surface area contributed by atoms with Crippen LogP contribution >= 0.6 is 0 Å². The highest BCUT2D eigenvalue weighted by Gasteiger charge is 2.72. The zero-order valence-electron chi connectivity index (χ0n) is 25.7. The molecule has 1 spiro atoms. The summed E-state index contributed by atoms with van der Waals surface area (Å²) in [6.07, 6.45) is 6.21. The van der Waals surface area contributed by atoms with Crippen LogP contribution in [0.15, 0.2) is 54.6 Å². The lowest BCUT2D eigenvalue weighted by Crippen LogP contribution is -2.57. The number of nitrogens with one attached hydrogen (secondary N) is 2. The fourth-order valence-electron chi connectivity index (χ4n) is 7.90. The summed E-state index contributed by atoms with van der Waals surface area (Å²) in [5, 5.41) is 6.34. The maximum atomic E-state index is 14.4. The predicted octanol–water partition coefficient (Wildman–Crippen LogP) is 4.77. The smallest absolute Gasteiger partial charge is 0.246 e. The van der Waals surface area contributed by atoms with E-state index in [1.165, 1.54) is 5.56 Å². The van der Waals surface area contributed by atoms with Gasteiger partial charge in [-0.05, 0) is 59.6 Å². The number of anilines is 1. The summed E-state index contributed by atoms with van der Waals surface area (Å²) >= 11 is 0. The second-order valence-electron chi connectivity index (χ2n) is 13.5. The Bertz CT molecular complexity index is 1500. The number of benzene rings is 2. The molecule has 9 heteroatoms. The molecule has 4 heterocycles. The molecule has 6 unspecified atom stereocenters. The van der Waals surface area contributed by atoms with Gasteiger partial charge >= 0.3 is 0 Å². The van der Waals surface area contributed by atoms with Crippen LogP contribution in [-0.4, -0.2) is 53.2 Å². The first-order valence-corrected chi connectivity index (χ1v) is 15.9. The number of ether oxygens (including phenoxy) is 3. The third-order valence-corrected chi connectivity index (χ3v) is 10.6. The van der Waals surface area contributed by atoms with Gasteiger partial charge in [0.2, 0.25) is 24.5 Å². The summed E-state index contributed by atoms with van der Waals surface area (Å²) in [7, 11) is 0. The number of carbonyl (C=O) groups is 3. The average Bonchev–Trinajstić information content (AvgIpc) is 3.76. The van der Waals surface area contributed by atoms with Crippen LogP contribution in [0.4, 0.5) is 5.69 Å². The minimum absolute atomic E-state index is 0.0136. The molecule has 3 fully saturated rings. The summed E-state index contributed by atoms with van der Waals surface area (Å²) in [5.74, 6) is 0.0923. The van der Waals surface area contributed by atoms with Gasteiger partial charge in [-0.3, -0.25) is 14.4 Å². The fourth-order valence-corrected chi connectivity index (χ4v) is 7.90. The molecule has 5 aliphatic rings. The number of hydrogen-bond acceptors (Lipinski definition) is 6. The van der Waals surface area contributed by atoms with Gasteiger partial charge in [0.05, 0.1) is 17.9 Å². The molecule has 232 valence electrons. The van der Waals surface area contributed by atoms with E-state index in [1.807, 2.05) is 54.6 Å². The van der Waals surface area contributed by atoms with E-state index in [9.17, 15) is 14.4 Å². The Morgan fingerprint density at radius 1 is 1.02 bits per heavy atom. The van der Waals surface area contributed by atoms with Crippen molar-refractivity contribution in [3.05, 3.63) is 65.7 Å². The van der Waals surface area contributed by atoms with Crippen LogP contribution in [0.2, 0.25) is 0 Å². The van der Waals surface area contributed by atoms with Crippen molar-refractivity contribution in [2.24, 2.45) is 23.7 Å². The molecule has 3 amide bonds. The first-order valence-electron chi connectivity index (χ1n) is 15.9. The molecule has 2 bridgehead atoms. The molecule has 2 aromatic carbocycles. The molecule has 1 saturated carbocycles. The molecular weight excluding hydrogens is 558 g/mol. The minimum atomic E-state index is -1.23. The normalized spacial score (nSPS) is 33.2. The zero-order chi connectivity index (χ0) is 30.7. The van der Waals surface area contributed by atoms with E-state index < -0.39 is 29.6 Å². The van der Waals surface area contributed by atoms with E-state index in [2.05, 4.69) is 38.3 Å². The monoisotopic (exact) mass is 599 g/mol. The van der Waals surface area contributed by atoms with Gasteiger partial charge in [-0.25, -0.2) is 0 Å². The molecule has 2 saturated heterocycles. The molecular formula is C35H41N3O6. The lowest BCUT2D eigenvalue weighted by Gasteiger charge is -2.38. The average molecular weight is 600 g/mol. The first kappa shape index (κ1) is 28.9. The Hall–Kier alpha value is -3.85. The third kappa shape index (κ3) is 4.67. The SMILES string of the molecule is CC(C)c1ccc(NC(=O)C2[C@H]3C=CC4(O3)C(C(=O)NC3CCCC(C)C3C)N(Cc3ccc5c(c3)OCO5)C(=O)[C@@H]24)cc1. The molecule has 7 rings (SSSR count). The largest absolute Gasteiger partial charge is 0.454 e. The first-order chi connectivity index (χ1) is 21.2. The number of amides is 3. The van der Waals surface area contributed by atoms with Crippen LogP contribution in [0.25, 0.3) is 0 Å². The van der Waals surface area contributed by atoms with E-state index in [0.29, 0.717) is 34.9 Å². The summed E-state index contributed by atoms with van der Waals surface area (Å²) in [4.78, 5) is 44.2. The van der Waals surface area contributed by atoms with Gasteiger partial charge in [0, 0.05) is 18.3 Å². The number of hydrogen-bond donors (Lipinski definition) is 2. The van der Waals surface area contributed by atoms with Crippen molar-refractivity contribution in [3.8, 4) is 11.5 Å². The number of fused-ring (bicyclic) bond motifs is 2. The molecule has 4 aliphatic heterocycles. The van der Waals surface area contributed by atoms with E-state index in [1.54, 1.807) is 4.90 Å². The van der Waals surface area contributed by atoms with Gasteiger partial charge in [-0.1, -0.05) is 70.9 Å². The Morgan fingerprint density at radius 2 is 1.80 bits per heavy atom. The molecule has 44 heavy (non-hydrogen) atoms. The van der Waals surface area contributed by atoms with E-state index >= 15 is 0 Å². The number of likely N-dealkylation sites (tertiary alicyclic amines) is 1. The van der Waals surface area contributed by atoms with E-state index in [4.69, 9.17) is 14.2 Å². The summed E-state index contributed by atoms with van der Waals surface area (Å²) < 4.78 is 17.6. The summed E-state index contributed by atoms with van der Waals surface area (Å²) in [5.41, 5.74) is 1.42. The molecule has 0 aromatic heterocycles. The number of carbonyl (C=O) groups excluding carboxylic acids is 3. The maximum Gasteiger partial charge on any atom is 0.246 e. The lowest BCUT2D eigenvalue weighted by molar-refractivity contribution is -0.142. The highest BCUT2D eigenvalue weighted by atomic mass is 16.7. The highest BCUT2D eigenvalue weighted by Crippen LogP contribution is 2.55. The van der Waals surface area contributed by atoms with Gasteiger partial charge < -0.3 is 29.7 Å². The molecule has 2 N–H and O–H groups in total. The number of rotatable bonds is 7. The second kappa shape index (κ2) is 10.9. The van der Waals surface area contributed by atoms with Crippen molar-refractivity contribution in [2.45, 2.75) is 83.2 Å². The van der Waals surface area contributed by atoms with Crippen molar-refractivity contribution in [1.29, 1.82) is 0 Å². The third-order valence-electron chi connectivity index (χ3n) is 10.6. The van der Waals surface area contributed by atoms with E-state index in [-0.39, 0.29) is 37.1 Å². The van der Waals surface area contributed by atoms with Crippen molar-refractivity contribution in [1.82, 2.24) is 10.2 Å².